The van der Waals surface area contributed by atoms with Gasteiger partial charge in [0.15, 0.2) is 0 Å². The number of hydrogen-bond acceptors (Lipinski definition) is 2. The summed E-state index contributed by atoms with van der Waals surface area (Å²) in [5.74, 6) is 1.43. The zero-order valence-corrected chi connectivity index (χ0v) is 16.0. The van der Waals surface area contributed by atoms with Crippen molar-refractivity contribution in [3.05, 3.63) is 35.4 Å². The minimum atomic E-state index is 0.0192. The number of rotatable bonds is 3. The third-order valence-corrected chi connectivity index (χ3v) is 5.09. The van der Waals surface area contributed by atoms with Gasteiger partial charge in [0, 0.05) is 11.3 Å². The summed E-state index contributed by atoms with van der Waals surface area (Å²) in [5, 5.41) is 0. The zero-order chi connectivity index (χ0) is 17.8. The van der Waals surface area contributed by atoms with E-state index in [1.165, 1.54) is 42.4 Å². The van der Waals surface area contributed by atoms with Gasteiger partial charge in [-0.2, -0.15) is 0 Å². The lowest BCUT2D eigenvalue weighted by Crippen LogP contribution is -2.16. The van der Waals surface area contributed by atoms with Crippen LogP contribution in [0.1, 0.15) is 84.3 Å². The second kappa shape index (κ2) is 7.90. The summed E-state index contributed by atoms with van der Waals surface area (Å²) in [7, 11) is 0. The van der Waals surface area contributed by atoms with E-state index in [1.54, 1.807) is 0 Å². The lowest BCUT2D eigenvalue weighted by Gasteiger charge is -2.23. The first-order valence-corrected chi connectivity index (χ1v) is 9.30. The molecule has 23 heavy (non-hydrogen) atoms. The zero-order valence-electron chi connectivity index (χ0n) is 16.0. The molecule has 1 atom stereocenters. The molecule has 0 spiro atoms. The van der Waals surface area contributed by atoms with Crippen molar-refractivity contribution in [2.45, 2.75) is 78.6 Å². The first-order chi connectivity index (χ1) is 10.9. The summed E-state index contributed by atoms with van der Waals surface area (Å²) in [6.45, 7) is 16.9. The molecule has 2 aliphatic rings. The molecule has 0 aromatic heterocycles. The molecule has 0 heterocycles. The standard InChI is InChI=1S/C17H24N2.2C2H6/c1-10-12(7-6-11-4-5-11)13-8-15(18)16(19)9-14(13)17(10,2)3;2*1-2/h8-9,11-12H,1,4-7,18-19H2,2-3H3;2*1-2H3. The highest BCUT2D eigenvalue weighted by molar-refractivity contribution is 5.70. The summed E-state index contributed by atoms with van der Waals surface area (Å²) in [6.07, 6.45) is 5.37. The second-order valence-corrected chi connectivity index (χ2v) is 6.79. The normalized spacial score (nSPS) is 20.8. The Bertz CT molecular complexity index is 539. The van der Waals surface area contributed by atoms with E-state index in [-0.39, 0.29) is 5.41 Å². The van der Waals surface area contributed by atoms with E-state index in [0.29, 0.717) is 17.3 Å². The van der Waals surface area contributed by atoms with Crippen molar-refractivity contribution in [2.24, 2.45) is 5.92 Å². The molecule has 1 aromatic rings. The van der Waals surface area contributed by atoms with Crippen molar-refractivity contribution in [2.75, 3.05) is 11.5 Å². The van der Waals surface area contributed by atoms with Crippen LogP contribution in [0.2, 0.25) is 0 Å². The SMILES string of the molecule is C=C1C(CCC2CC2)c2cc(N)c(N)cc2C1(C)C.CC.CC. The second-order valence-electron chi connectivity index (χ2n) is 6.79. The van der Waals surface area contributed by atoms with Gasteiger partial charge in [-0.15, -0.1) is 0 Å². The Morgan fingerprint density at radius 3 is 2.04 bits per heavy atom. The Hall–Kier alpha value is -1.44. The molecule has 1 fully saturated rings. The van der Waals surface area contributed by atoms with E-state index in [9.17, 15) is 0 Å². The molecule has 3 rings (SSSR count). The molecule has 4 N–H and O–H groups in total. The first kappa shape index (κ1) is 19.6. The largest absolute Gasteiger partial charge is 0.397 e. The molecular formula is C21H36N2. The maximum atomic E-state index is 6.00. The lowest BCUT2D eigenvalue weighted by atomic mass is 9.81. The van der Waals surface area contributed by atoms with Gasteiger partial charge in [-0.25, -0.2) is 0 Å². The number of benzene rings is 1. The number of hydrogen-bond donors (Lipinski definition) is 2. The molecule has 0 bridgehead atoms. The molecule has 0 saturated heterocycles. The molecule has 2 heteroatoms. The highest BCUT2D eigenvalue weighted by Crippen LogP contribution is 2.53. The van der Waals surface area contributed by atoms with Crippen LogP contribution in [-0.2, 0) is 5.41 Å². The molecule has 2 nitrogen and oxygen atoms in total. The number of nitrogen functional groups attached to an aromatic ring is 2. The quantitative estimate of drug-likeness (QED) is 0.529. The summed E-state index contributed by atoms with van der Waals surface area (Å²) in [4.78, 5) is 0. The van der Waals surface area contributed by atoms with Crippen molar-refractivity contribution in [1.82, 2.24) is 0 Å². The van der Waals surface area contributed by atoms with Gasteiger partial charge in [0.05, 0.1) is 11.4 Å². The molecule has 1 aromatic carbocycles. The van der Waals surface area contributed by atoms with Crippen molar-refractivity contribution in [3.63, 3.8) is 0 Å². The number of fused-ring (bicyclic) bond motifs is 1. The van der Waals surface area contributed by atoms with E-state index in [0.717, 1.165) is 5.92 Å². The predicted molar refractivity (Wildman–Crippen MR) is 105 cm³/mol. The third-order valence-electron chi connectivity index (χ3n) is 5.09. The lowest BCUT2D eigenvalue weighted by molar-refractivity contribution is 0.567. The van der Waals surface area contributed by atoms with E-state index >= 15 is 0 Å². The smallest absolute Gasteiger partial charge is 0.0551 e. The summed E-state index contributed by atoms with van der Waals surface area (Å²) in [6, 6.07) is 4.15. The fraction of sp³-hybridized carbons (Fsp3) is 0.619. The van der Waals surface area contributed by atoms with Crippen molar-refractivity contribution in [3.8, 4) is 0 Å². The minimum Gasteiger partial charge on any atom is -0.397 e. The van der Waals surface area contributed by atoms with Crippen LogP contribution in [0, 0.1) is 5.92 Å². The Labute approximate surface area is 143 Å². The average Bonchev–Trinajstić information content (AvgIpc) is 3.35. The molecule has 0 amide bonds. The Balaban J connectivity index is 0.000000615. The van der Waals surface area contributed by atoms with Crippen LogP contribution in [0.3, 0.4) is 0 Å². The molecule has 0 radical (unpaired) electrons. The van der Waals surface area contributed by atoms with Gasteiger partial charge < -0.3 is 11.5 Å². The van der Waals surface area contributed by atoms with Crippen molar-refractivity contribution in [1.29, 1.82) is 0 Å². The summed E-state index contributed by atoms with van der Waals surface area (Å²) < 4.78 is 0. The molecule has 1 unspecified atom stereocenters. The average molecular weight is 317 g/mol. The van der Waals surface area contributed by atoms with Gasteiger partial charge in [-0.3, -0.25) is 0 Å². The molecule has 0 aliphatic heterocycles. The van der Waals surface area contributed by atoms with Crippen LogP contribution in [0.4, 0.5) is 11.4 Å². The Kier molecular flexibility index (Phi) is 6.73. The molecule has 2 aliphatic carbocycles. The maximum Gasteiger partial charge on any atom is 0.0551 e. The predicted octanol–water partition coefficient (Wildman–Crippen LogP) is 6.02. The first-order valence-electron chi connectivity index (χ1n) is 9.30. The Morgan fingerprint density at radius 1 is 1.00 bits per heavy atom. The topological polar surface area (TPSA) is 52.0 Å². The fourth-order valence-corrected chi connectivity index (χ4v) is 3.42. The van der Waals surface area contributed by atoms with Crippen molar-refractivity contribution < 1.29 is 0 Å². The third kappa shape index (κ3) is 3.91. The summed E-state index contributed by atoms with van der Waals surface area (Å²) in [5.41, 5.74) is 17.4. The van der Waals surface area contributed by atoms with E-state index in [2.05, 4.69) is 32.6 Å². The van der Waals surface area contributed by atoms with Gasteiger partial charge >= 0.3 is 0 Å². The fourth-order valence-electron chi connectivity index (χ4n) is 3.42. The van der Waals surface area contributed by atoms with Crippen LogP contribution < -0.4 is 11.5 Å². The van der Waals surface area contributed by atoms with Crippen LogP contribution in [0.15, 0.2) is 24.3 Å². The number of nitrogens with two attached hydrogens (primary N) is 2. The van der Waals surface area contributed by atoms with Gasteiger partial charge in [-0.1, -0.05) is 66.5 Å². The number of anilines is 2. The van der Waals surface area contributed by atoms with Crippen LogP contribution >= 0.6 is 0 Å². The van der Waals surface area contributed by atoms with Crippen molar-refractivity contribution >= 4 is 11.4 Å². The Morgan fingerprint density at radius 2 is 1.52 bits per heavy atom. The molecule has 1 saturated carbocycles. The van der Waals surface area contributed by atoms with Gasteiger partial charge in [0.1, 0.15) is 0 Å². The van der Waals surface area contributed by atoms with Crippen LogP contribution in [0.25, 0.3) is 0 Å². The van der Waals surface area contributed by atoms with Crippen LogP contribution in [-0.4, -0.2) is 0 Å². The van der Waals surface area contributed by atoms with E-state index < -0.39 is 0 Å². The monoisotopic (exact) mass is 316 g/mol. The van der Waals surface area contributed by atoms with Crippen LogP contribution in [0.5, 0.6) is 0 Å². The highest BCUT2D eigenvalue weighted by Gasteiger charge is 2.41. The summed E-state index contributed by atoms with van der Waals surface area (Å²) >= 11 is 0. The van der Waals surface area contributed by atoms with Gasteiger partial charge in [0.2, 0.25) is 0 Å². The minimum absolute atomic E-state index is 0.0192. The molecular weight excluding hydrogens is 280 g/mol. The number of allylic oxidation sites excluding steroid dienone is 1. The maximum absolute atomic E-state index is 6.00. The molecule has 130 valence electrons. The highest BCUT2D eigenvalue weighted by atomic mass is 14.7. The van der Waals surface area contributed by atoms with Gasteiger partial charge in [0.25, 0.3) is 0 Å². The van der Waals surface area contributed by atoms with Gasteiger partial charge in [-0.05, 0) is 42.0 Å². The van der Waals surface area contributed by atoms with E-state index in [1.807, 2.05) is 27.7 Å². The van der Waals surface area contributed by atoms with E-state index in [4.69, 9.17) is 11.5 Å².